The summed E-state index contributed by atoms with van der Waals surface area (Å²) in [5, 5.41) is 6.94. The van der Waals surface area contributed by atoms with Crippen molar-refractivity contribution < 1.29 is 0 Å². The van der Waals surface area contributed by atoms with E-state index in [0.717, 1.165) is 91.1 Å². The van der Waals surface area contributed by atoms with Gasteiger partial charge in [0.05, 0.1) is 0 Å². The van der Waals surface area contributed by atoms with Gasteiger partial charge < -0.3 is 27.8 Å². The predicted octanol–water partition coefficient (Wildman–Crippen LogP) is 0.604. The third-order valence-corrected chi connectivity index (χ3v) is 4.35. The van der Waals surface area contributed by atoms with Crippen molar-refractivity contribution in [2.75, 3.05) is 52.4 Å². The maximum atomic E-state index is 5.67. The Hall–Kier alpha value is -1.02. The van der Waals surface area contributed by atoms with Crippen molar-refractivity contribution in [1.82, 2.24) is 15.5 Å². The molecule has 6 heteroatoms. The molecule has 0 heterocycles. The molecule has 0 fully saturated rings. The van der Waals surface area contributed by atoms with Gasteiger partial charge >= 0.3 is 0 Å². The molecule has 0 unspecified atom stereocenters. The first-order valence-electron chi connectivity index (χ1n) is 10.1. The van der Waals surface area contributed by atoms with E-state index in [2.05, 4.69) is 39.8 Å². The third-order valence-electron chi connectivity index (χ3n) is 4.35. The Balaban J connectivity index is 2.31. The lowest BCUT2D eigenvalue weighted by Crippen LogP contribution is -2.28. The smallest absolute Gasteiger partial charge is 0.0233 e. The molecule has 26 heavy (non-hydrogen) atoms. The number of nitrogens with one attached hydrogen (secondary N) is 2. The summed E-state index contributed by atoms with van der Waals surface area (Å²) in [7, 11) is 0. The summed E-state index contributed by atoms with van der Waals surface area (Å²) in [5.41, 5.74) is 19.5. The van der Waals surface area contributed by atoms with Crippen LogP contribution in [0.25, 0.3) is 0 Å². The van der Waals surface area contributed by atoms with Gasteiger partial charge in [-0.3, -0.25) is 4.90 Å². The van der Waals surface area contributed by atoms with Crippen LogP contribution in [0.4, 0.5) is 0 Å². The normalized spacial score (nSPS) is 11.4. The van der Waals surface area contributed by atoms with Crippen molar-refractivity contribution in [2.24, 2.45) is 17.2 Å². The van der Waals surface area contributed by atoms with Crippen LogP contribution in [0.5, 0.6) is 0 Å². The Morgan fingerprint density at radius 1 is 0.731 bits per heavy atom. The average molecular weight is 365 g/mol. The summed E-state index contributed by atoms with van der Waals surface area (Å²) in [6.45, 7) is 9.30. The van der Waals surface area contributed by atoms with Gasteiger partial charge in [0.2, 0.25) is 0 Å². The lowest BCUT2D eigenvalue weighted by atomic mass is 10.1. The molecule has 1 aromatic carbocycles. The largest absolute Gasteiger partial charge is 0.330 e. The number of hydrogen-bond acceptors (Lipinski definition) is 6. The van der Waals surface area contributed by atoms with Crippen molar-refractivity contribution >= 4 is 0 Å². The number of nitrogens with two attached hydrogens (primary N) is 3. The number of nitrogens with zero attached hydrogens (tertiary/aromatic N) is 1. The molecule has 150 valence electrons. The highest BCUT2D eigenvalue weighted by molar-refractivity contribution is 5.23. The molecule has 0 saturated carbocycles. The molecule has 0 aromatic heterocycles. The zero-order valence-electron chi connectivity index (χ0n) is 16.4. The van der Waals surface area contributed by atoms with Crippen molar-refractivity contribution in [3.63, 3.8) is 0 Å². The van der Waals surface area contributed by atoms with Crippen LogP contribution in [0, 0.1) is 0 Å². The van der Waals surface area contributed by atoms with E-state index in [1.54, 1.807) is 0 Å². The van der Waals surface area contributed by atoms with Crippen molar-refractivity contribution in [3.05, 3.63) is 35.4 Å². The second kappa shape index (κ2) is 16.2. The van der Waals surface area contributed by atoms with Gasteiger partial charge in [0.25, 0.3) is 0 Å². The molecule has 0 radical (unpaired) electrons. The lowest BCUT2D eigenvalue weighted by molar-refractivity contribution is 0.262. The maximum Gasteiger partial charge on any atom is 0.0233 e. The van der Waals surface area contributed by atoms with Gasteiger partial charge in [-0.05, 0) is 89.2 Å². The van der Waals surface area contributed by atoms with E-state index in [1.807, 2.05) is 0 Å². The molecule has 0 aliphatic rings. The highest BCUT2D eigenvalue weighted by Crippen LogP contribution is 2.09. The Kier molecular flexibility index (Phi) is 14.3. The first kappa shape index (κ1) is 23.0. The van der Waals surface area contributed by atoms with Crippen molar-refractivity contribution in [3.8, 4) is 0 Å². The summed E-state index contributed by atoms with van der Waals surface area (Å²) < 4.78 is 0. The second-order valence-corrected chi connectivity index (χ2v) is 6.80. The van der Waals surface area contributed by atoms with Crippen LogP contribution in [0.15, 0.2) is 24.3 Å². The van der Waals surface area contributed by atoms with Crippen LogP contribution in [0.1, 0.15) is 36.8 Å². The molecule has 1 rings (SSSR count). The minimum absolute atomic E-state index is 0.740. The number of benzene rings is 1. The minimum Gasteiger partial charge on any atom is -0.330 e. The van der Waals surface area contributed by atoms with Gasteiger partial charge in [-0.1, -0.05) is 24.3 Å². The molecule has 0 aliphatic heterocycles. The van der Waals surface area contributed by atoms with E-state index in [-0.39, 0.29) is 0 Å². The predicted molar refractivity (Wildman–Crippen MR) is 112 cm³/mol. The SMILES string of the molecule is NCCCNCCCNCc1cccc(CN(CCCN)CCCN)c1. The lowest BCUT2D eigenvalue weighted by Gasteiger charge is -2.22. The zero-order valence-corrected chi connectivity index (χ0v) is 16.4. The van der Waals surface area contributed by atoms with Gasteiger partial charge in [-0.25, -0.2) is 0 Å². The van der Waals surface area contributed by atoms with Crippen LogP contribution >= 0.6 is 0 Å². The standard InChI is InChI=1S/C20H40N6/c21-8-2-11-24-12-5-13-25-17-19-6-1-7-20(16-19)18-26(14-3-9-22)15-4-10-23/h1,6-7,16,24-25H,2-5,8-15,17-18,21-23H2. The zero-order chi connectivity index (χ0) is 18.9. The Bertz CT molecular complexity index is 432. The van der Waals surface area contributed by atoms with E-state index in [0.29, 0.717) is 0 Å². The molecule has 0 atom stereocenters. The van der Waals surface area contributed by atoms with E-state index < -0.39 is 0 Å². The number of hydrogen-bond donors (Lipinski definition) is 5. The van der Waals surface area contributed by atoms with E-state index in [4.69, 9.17) is 17.2 Å². The van der Waals surface area contributed by atoms with Gasteiger partial charge in [0, 0.05) is 13.1 Å². The Labute approximate surface area is 159 Å². The van der Waals surface area contributed by atoms with Crippen molar-refractivity contribution in [1.29, 1.82) is 0 Å². The molecule has 0 spiro atoms. The fourth-order valence-corrected chi connectivity index (χ4v) is 2.92. The molecule has 1 aromatic rings. The van der Waals surface area contributed by atoms with Crippen LogP contribution < -0.4 is 27.8 Å². The van der Waals surface area contributed by atoms with Gasteiger partial charge in [0.1, 0.15) is 0 Å². The second-order valence-electron chi connectivity index (χ2n) is 6.80. The monoisotopic (exact) mass is 364 g/mol. The van der Waals surface area contributed by atoms with Crippen molar-refractivity contribution in [2.45, 2.75) is 38.8 Å². The van der Waals surface area contributed by atoms with Gasteiger partial charge in [0.15, 0.2) is 0 Å². The van der Waals surface area contributed by atoms with Crippen LogP contribution in [0.3, 0.4) is 0 Å². The summed E-state index contributed by atoms with van der Waals surface area (Å²) in [6, 6.07) is 8.87. The highest BCUT2D eigenvalue weighted by atomic mass is 15.1. The number of rotatable bonds is 17. The molecule has 0 bridgehead atoms. The highest BCUT2D eigenvalue weighted by Gasteiger charge is 2.06. The molecule has 6 nitrogen and oxygen atoms in total. The fourth-order valence-electron chi connectivity index (χ4n) is 2.92. The first-order valence-corrected chi connectivity index (χ1v) is 10.1. The van der Waals surface area contributed by atoms with Gasteiger partial charge in [-0.15, -0.1) is 0 Å². The maximum absolute atomic E-state index is 5.67. The molecule has 8 N–H and O–H groups in total. The van der Waals surface area contributed by atoms with E-state index in [9.17, 15) is 0 Å². The summed E-state index contributed by atoms with van der Waals surface area (Å²) in [4.78, 5) is 2.46. The molecular weight excluding hydrogens is 324 g/mol. The summed E-state index contributed by atoms with van der Waals surface area (Å²) in [5.74, 6) is 0. The topological polar surface area (TPSA) is 105 Å². The summed E-state index contributed by atoms with van der Waals surface area (Å²) >= 11 is 0. The van der Waals surface area contributed by atoms with Gasteiger partial charge in [-0.2, -0.15) is 0 Å². The van der Waals surface area contributed by atoms with E-state index in [1.165, 1.54) is 11.1 Å². The third kappa shape index (κ3) is 11.6. The Morgan fingerprint density at radius 2 is 1.35 bits per heavy atom. The average Bonchev–Trinajstić information content (AvgIpc) is 2.66. The van der Waals surface area contributed by atoms with Crippen LogP contribution in [-0.4, -0.2) is 57.3 Å². The van der Waals surface area contributed by atoms with E-state index >= 15 is 0 Å². The molecular formula is C20H40N6. The minimum atomic E-state index is 0.740. The van der Waals surface area contributed by atoms with Crippen LogP contribution in [-0.2, 0) is 13.1 Å². The Morgan fingerprint density at radius 3 is 2.04 bits per heavy atom. The first-order chi connectivity index (χ1) is 12.8. The molecule has 0 saturated heterocycles. The quantitative estimate of drug-likeness (QED) is 0.259. The summed E-state index contributed by atoms with van der Waals surface area (Å²) in [6.07, 6.45) is 4.25. The fraction of sp³-hybridized carbons (Fsp3) is 0.700. The molecule has 0 aliphatic carbocycles. The van der Waals surface area contributed by atoms with Crippen LogP contribution in [0.2, 0.25) is 0 Å². The molecule has 0 amide bonds.